The van der Waals surface area contributed by atoms with Gasteiger partial charge >= 0.3 is 11.9 Å². The highest BCUT2D eigenvalue weighted by atomic mass is 16.8. The van der Waals surface area contributed by atoms with E-state index in [2.05, 4.69) is 0 Å². The van der Waals surface area contributed by atoms with Crippen molar-refractivity contribution in [1.29, 1.82) is 0 Å². The number of hydrogen-bond donors (Lipinski definition) is 0. The first-order valence-electron chi connectivity index (χ1n) is 7.17. The Labute approximate surface area is 129 Å². The molecular formula is C15H22O7. The molecule has 2 fully saturated rings. The fourth-order valence-corrected chi connectivity index (χ4v) is 2.19. The maximum absolute atomic E-state index is 12.5. The number of carbonyl (C=O) groups excluding carboxylic acids is 3. The number of esters is 2. The van der Waals surface area contributed by atoms with Crippen LogP contribution in [0.15, 0.2) is 0 Å². The average molecular weight is 314 g/mol. The van der Waals surface area contributed by atoms with E-state index in [0.717, 1.165) is 0 Å². The van der Waals surface area contributed by atoms with Gasteiger partial charge in [0.15, 0.2) is 11.9 Å². The van der Waals surface area contributed by atoms with E-state index in [0.29, 0.717) is 0 Å². The zero-order valence-electron chi connectivity index (χ0n) is 13.7. The zero-order valence-corrected chi connectivity index (χ0v) is 13.7. The van der Waals surface area contributed by atoms with Crippen molar-refractivity contribution in [2.45, 2.75) is 65.1 Å². The van der Waals surface area contributed by atoms with Crippen molar-refractivity contribution in [2.24, 2.45) is 5.41 Å². The largest absolute Gasteiger partial charge is 0.448 e. The highest BCUT2D eigenvalue weighted by Gasteiger charge is 2.61. The second-order valence-corrected chi connectivity index (χ2v) is 7.23. The lowest BCUT2D eigenvalue weighted by molar-refractivity contribution is -0.179. The van der Waals surface area contributed by atoms with E-state index in [1.54, 1.807) is 34.6 Å². The van der Waals surface area contributed by atoms with Gasteiger partial charge in [-0.05, 0) is 41.5 Å². The highest BCUT2D eigenvalue weighted by molar-refractivity contribution is 6.15. The summed E-state index contributed by atoms with van der Waals surface area (Å²) in [5, 5.41) is 0. The van der Waals surface area contributed by atoms with Gasteiger partial charge in [0.05, 0.1) is 12.0 Å². The predicted molar refractivity (Wildman–Crippen MR) is 73.7 cm³/mol. The van der Waals surface area contributed by atoms with Gasteiger partial charge in [-0.1, -0.05) is 0 Å². The summed E-state index contributed by atoms with van der Waals surface area (Å²) in [6.45, 7) is 9.69. The topological polar surface area (TPSA) is 88.1 Å². The molecule has 0 radical (unpaired) electrons. The van der Waals surface area contributed by atoms with Crippen LogP contribution in [0.5, 0.6) is 0 Å². The summed E-state index contributed by atoms with van der Waals surface area (Å²) in [7, 11) is 0. The van der Waals surface area contributed by atoms with E-state index in [4.69, 9.17) is 18.9 Å². The zero-order chi connectivity index (χ0) is 16.9. The van der Waals surface area contributed by atoms with Crippen LogP contribution in [0, 0.1) is 5.41 Å². The summed E-state index contributed by atoms with van der Waals surface area (Å²) in [6, 6.07) is 0. The summed E-state index contributed by atoms with van der Waals surface area (Å²) in [5.41, 5.74) is -2.78. The van der Waals surface area contributed by atoms with Crippen molar-refractivity contribution in [3.05, 3.63) is 0 Å². The number of ketones is 1. The van der Waals surface area contributed by atoms with Crippen molar-refractivity contribution in [2.75, 3.05) is 6.61 Å². The van der Waals surface area contributed by atoms with Crippen LogP contribution < -0.4 is 0 Å². The maximum Gasteiger partial charge on any atom is 0.359 e. The van der Waals surface area contributed by atoms with Gasteiger partial charge in [-0.25, -0.2) is 4.79 Å². The number of Topliss-reactive ketones (excluding diaryl/α,β-unsaturated/α-hetero) is 1. The molecule has 2 rings (SSSR count). The Morgan fingerprint density at radius 3 is 2.27 bits per heavy atom. The van der Waals surface area contributed by atoms with E-state index >= 15 is 0 Å². The van der Waals surface area contributed by atoms with Gasteiger partial charge in [0, 0.05) is 0 Å². The van der Waals surface area contributed by atoms with E-state index in [9.17, 15) is 14.4 Å². The third-order valence-corrected chi connectivity index (χ3v) is 3.63. The molecule has 7 nitrogen and oxygen atoms in total. The van der Waals surface area contributed by atoms with Gasteiger partial charge in [0.25, 0.3) is 5.60 Å². The number of cyclic esters (lactones) is 1. The lowest BCUT2D eigenvalue weighted by atomic mass is 9.94. The summed E-state index contributed by atoms with van der Waals surface area (Å²) in [5.74, 6) is -3.00. The average Bonchev–Trinajstić information content (AvgIpc) is 2.82. The Hall–Kier alpha value is -1.47. The minimum atomic E-state index is -1.94. The molecule has 0 saturated carbocycles. The van der Waals surface area contributed by atoms with Crippen molar-refractivity contribution >= 4 is 17.7 Å². The van der Waals surface area contributed by atoms with Gasteiger partial charge in [0.1, 0.15) is 6.10 Å². The molecule has 0 aliphatic carbocycles. The van der Waals surface area contributed by atoms with Gasteiger partial charge < -0.3 is 18.9 Å². The van der Waals surface area contributed by atoms with Crippen LogP contribution in [0.3, 0.4) is 0 Å². The summed E-state index contributed by atoms with van der Waals surface area (Å²) in [4.78, 5) is 36.6. The molecule has 0 aromatic rings. The molecule has 0 bridgehead atoms. The van der Waals surface area contributed by atoms with E-state index in [1.807, 2.05) is 0 Å². The highest BCUT2D eigenvalue weighted by Crippen LogP contribution is 2.34. The Kier molecular flexibility index (Phi) is 3.86. The molecule has 2 aliphatic heterocycles. The number of rotatable bonds is 2. The Bertz CT molecular complexity index is 516. The smallest absolute Gasteiger partial charge is 0.359 e. The van der Waals surface area contributed by atoms with Crippen LogP contribution in [0.4, 0.5) is 0 Å². The normalized spacial score (nSPS) is 34.6. The van der Waals surface area contributed by atoms with Crippen LogP contribution in [-0.4, -0.2) is 47.9 Å². The third kappa shape index (κ3) is 2.87. The van der Waals surface area contributed by atoms with E-state index < -0.39 is 46.7 Å². The van der Waals surface area contributed by atoms with Gasteiger partial charge in [0.2, 0.25) is 5.78 Å². The fourth-order valence-electron chi connectivity index (χ4n) is 2.19. The van der Waals surface area contributed by atoms with Crippen LogP contribution in [0.2, 0.25) is 0 Å². The predicted octanol–water partition coefficient (Wildman–Crippen LogP) is 0.980. The SMILES string of the molecule is CC1(C)OC[C@@H]([C@H]2OC(=O)[C@@](C)(OC(=O)C(C)(C)C)C2=O)O1. The minimum absolute atomic E-state index is 0.125. The van der Waals surface area contributed by atoms with Gasteiger partial charge in [-0.15, -0.1) is 0 Å². The molecule has 0 aromatic heterocycles. The van der Waals surface area contributed by atoms with Crippen LogP contribution in [0.1, 0.15) is 41.5 Å². The van der Waals surface area contributed by atoms with Crippen LogP contribution >= 0.6 is 0 Å². The van der Waals surface area contributed by atoms with Gasteiger partial charge in [-0.3, -0.25) is 9.59 Å². The molecule has 2 aliphatic rings. The lowest BCUT2D eigenvalue weighted by Gasteiger charge is -2.24. The van der Waals surface area contributed by atoms with Gasteiger partial charge in [-0.2, -0.15) is 0 Å². The van der Waals surface area contributed by atoms with E-state index in [-0.39, 0.29) is 6.61 Å². The number of carbonyl (C=O) groups is 3. The molecule has 0 spiro atoms. The standard InChI is InChI=1S/C15H22O7/c1-13(2,3)11(17)22-15(6)10(16)9(20-12(15)18)8-7-19-14(4,5)21-8/h8-9H,7H2,1-6H3/t8-,9+,15-/m0/s1. The first kappa shape index (κ1) is 16.9. The third-order valence-electron chi connectivity index (χ3n) is 3.63. The van der Waals surface area contributed by atoms with Crippen LogP contribution in [-0.2, 0) is 33.3 Å². The fraction of sp³-hybridized carbons (Fsp3) is 0.800. The lowest BCUT2D eigenvalue weighted by Crippen LogP contribution is -2.48. The summed E-state index contributed by atoms with van der Waals surface area (Å²) in [6.07, 6.45) is -1.84. The molecule has 0 amide bonds. The Morgan fingerprint density at radius 2 is 1.82 bits per heavy atom. The first-order chi connectivity index (χ1) is 9.87. The first-order valence-corrected chi connectivity index (χ1v) is 7.17. The second-order valence-electron chi connectivity index (χ2n) is 7.23. The molecule has 2 heterocycles. The van der Waals surface area contributed by atoms with Crippen molar-refractivity contribution in [3.63, 3.8) is 0 Å². The molecule has 124 valence electrons. The van der Waals surface area contributed by atoms with Crippen LogP contribution in [0.25, 0.3) is 0 Å². The monoisotopic (exact) mass is 314 g/mol. The van der Waals surface area contributed by atoms with E-state index in [1.165, 1.54) is 6.92 Å². The summed E-state index contributed by atoms with van der Waals surface area (Å²) < 4.78 is 21.2. The molecule has 2 saturated heterocycles. The molecule has 0 aromatic carbocycles. The molecule has 7 heteroatoms. The maximum atomic E-state index is 12.5. The second kappa shape index (κ2) is 5.03. The number of hydrogen-bond acceptors (Lipinski definition) is 7. The molecule has 3 atom stereocenters. The van der Waals surface area contributed by atoms with Crippen molar-refractivity contribution in [1.82, 2.24) is 0 Å². The molecule has 22 heavy (non-hydrogen) atoms. The van der Waals surface area contributed by atoms with Crippen molar-refractivity contribution < 1.29 is 33.3 Å². The molecule has 0 unspecified atom stereocenters. The number of ether oxygens (including phenoxy) is 4. The summed E-state index contributed by atoms with van der Waals surface area (Å²) >= 11 is 0. The van der Waals surface area contributed by atoms with Crippen molar-refractivity contribution in [3.8, 4) is 0 Å². The quantitative estimate of drug-likeness (QED) is 0.554. The molecule has 0 N–H and O–H groups in total. The Morgan fingerprint density at radius 1 is 1.23 bits per heavy atom. The minimum Gasteiger partial charge on any atom is -0.448 e. The Balaban J connectivity index is 2.17. The molecular weight excluding hydrogens is 292 g/mol.